The Morgan fingerprint density at radius 2 is 1.98 bits per heavy atom. The van der Waals surface area contributed by atoms with Crippen LogP contribution in [0.15, 0.2) is 67.4 Å². The van der Waals surface area contributed by atoms with Crippen LogP contribution in [0.25, 0.3) is 27.9 Å². The number of hydrogen-bond acceptors (Lipinski definition) is 6. The Morgan fingerprint density at radius 1 is 1.21 bits per heavy atom. The first kappa shape index (κ1) is 27.7. The number of carbonyl (C=O) groups excluding carboxylic acids is 1. The van der Waals surface area contributed by atoms with Crippen LogP contribution >= 0.6 is 0 Å². The van der Waals surface area contributed by atoms with E-state index in [1.807, 2.05) is 24.3 Å². The number of carbonyl (C=O) groups is 1. The van der Waals surface area contributed by atoms with Crippen LogP contribution < -0.4 is 20.5 Å². The number of primary amides is 1. The summed E-state index contributed by atoms with van der Waals surface area (Å²) in [5.74, 6) is 0.975. The maximum Gasteiger partial charge on any atom is 0.231 e. The Bertz CT molecular complexity index is 1680. The third-order valence-electron chi connectivity index (χ3n) is 8.50. The van der Waals surface area contributed by atoms with E-state index < -0.39 is 11.3 Å². The largest absolute Gasteiger partial charge is 0.489 e. The molecule has 1 amide bonds. The van der Waals surface area contributed by atoms with Gasteiger partial charge >= 0.3 is 0 Å². The minimum atomic E-state index is -0.994. The van der Waals surface area contributed by atoms with E-state index in [-0.39, 0.29) is 24.4 Å². The van der Waals surface area contributed by atoms with Gasteiger partial charge < -0.3 is 20.5 Å². The van der Waals surface area contributed by atoms with Crippen LogP contribution in [0, 0.1) is 11.7 Å². The number of aromatic nitrogens is 2. The monoisotopic (exact) mass is 566 g/mol. The maximum atomic E-state index is 13.7. The summed E-state index contributed by atoms with van der Waals surface area (Å²) in [6, 6.07) is 16.0. The smallest absolute Gasteiger partial charge is 0.231 e. The van der Waals surface area contributed by atoms with Gasteiger partial charge in [-0.2, -0.15) is 0 Å². The van der Waals surface area contributed by atoms with Crippen LogP contribution in [0.4, 0.5) is 4.39 Å². The standard InChI is InChI=1S/C34H35FN4O3/c1-19(17-38-20(2)25-14-24-6-5-13-37-30(24)29(15-25)42-21(3)22-7-8-22)28-16-27-32(41-18-34(27,4)33(36)40)31(39-28)23-9-11-26(35)12-10-23/h5-6,9-16,19,21-22,38H,2,7-8,17-18H2,1,3-4H3,(H2,36,40)/t19?,21?,34-/m0/s1. The lowest BCUT2D eigenvalue weighted by molar-refractivity contribution is -0.123. The number of nitrogens with two attached hydrogens (primary N) is 1. The lowest BCUT2D eigenvalue weighted by Gasteiger charge is -2.21. The van der Waals surface area contributed by atoms with Crippen molar-refractivity contribution in [2.75, 3.05) is 13.2 Å². The normalized spacial score (nSPS) is 19.0. The molecule has 2 aromatic heterocycles. The van der Waals surface area contributed by atoms with E-state index >= 15 is 0 Å². The molecule has 0 saturated heterocycles. The topological polar surface area (TPSA) is 99.4 Å². The zero-order valence-electron chi connectivity index (χ0n) is 24.1. The number of nitrogens with one attached hydrogen (secondary N) is 1. The van der Waals surface area contributed by atoms with Crippen molar-refractivity contribution in [1.29, 1.82) is 0 Å². The van der Waals surface area contributed by atoms with Crippen molar-refractivity contribution in [2.45, 2.75) is 51.0 Å². The second-order valence-electron chi connectivity index (χ2n) is 11.7. The number of halogens is 1. The molecule has 0 bridgehead atoms. The van der Waals surface area contributed by atoms with Crippen molar-refractivity contribution in [2.24, 2.45) is 11.7 Å². The zero-order chi connectivity index (χ0) is 29.6. The molecule has 3 N–H and O–H groups in total. The van der Waals surface area contributed by atoms with Crippen molar-refractivity contribution in [1.82, 2.24) is 15.3 Å². The summed E-state index contributed by atoms with van der Waals surface area (Å²) in [7, 11) is 0. The van der Waals surface area contributed by atoms with Crippen molar-refractivity contribution >= 4 is 22.5 Å². The Balaban J connectivity index is 1.27. The molecule has 3 heterocycles. The molecule has 1 aliphatic heterocycles. The fourth-order valence-corrected chi connectivity index (χ4v) is 5.43. The SMILES string of the molecule is C=C(NCC(C)c1cc2c(c(-c3ccc(F)cc3)n1)OC[C@]2(C)C(N)=O)c1cc(OC(C)C2CC2)c2ncccc2c1. The fourth-order valence-electron chi connectivity index (χ4n) is 5.43. The molecule has 0 radical (unpaired) electrons. The van der Waals surface area contributed by atoms with Crippen molar-refractivity contribution in [3.63, 3.8) is 0 Å². The molecule has 216 valence electrons. The van der Waals surface area contributed by atoms with E-state index in [0.29, 0.717) is 35.0 Å². The van der Waals surface area contributed by atoms with Crippen LogP contribution in [0.5, 0.6) is 11.5 Å². The van der Waals surface area contributed by atoms with E-state index in [2.05, 4.69) is 36.8 Å². The minimum Gasteiger partial charge on any atom is -0.489 e. The molecule has 7 nitrogen and oxygen atoms in total. The molecule has 2 unspecified atom stereocenters. The predicted molar refractivity (Wildman–Crippen MR) is 162 cm³/mol. The number of hydrogen-bond donors (Lipinski definition) is 2. The molecule has 2 aliphatic rings. The van der Waals surface area contributed by atoms with Gasteiger partial charge in [0, 0.05) is 52.1 Å². The first-order valence-corrected chi connectivity index (χ1v) is 14.4. The van der Waals surface area contributed by atoms with Crippen molar-refractivity contribution in [3.05, 3.63) is 90.0 Å². The highest BCUT2D eigenvalue weighted by Gasteiger charge is 2.44. The number of pyridine rings is 2. The Morgan fingerprint density at radius 3 is 2.69 bits per heavy atom. The molecule has 8 heteroatoms. The summed E-state index contributed by atoms with van der Waals surface area (Å²) in [6.07, 6.45) is 4.30. The van der Waals surface area contributed by atoms with Crippen LogP contribution in [0.1, 0.15) is 56.4 Å². The van der Waals surface area contributed by atoms with Crippen LogP contribution in [0.3, 0.4) is 0 Å². The van der Waals surface area contributed by atoms with E-state index in [0.717, 1.165) is 33.6 Å². The second-order valence-corrected chi connectivity index (χ2v) is 11.7. The molecule has 4 aromatic rings. The van der Waals surface area contributed by atoms with Gasteiger partial charge in [-0.3, -0.25) is 9.78 Å². The summed E-state index contributed by atoms with van der Waals surface area (Å²) < 4.78 is 26.0. The lowest BCUT2D eigenvalue weighted by atomic mass is 9.82. The first-order chi connectivity index (χ1) is 20.1. The number of fused-ring (bicyclic) bond motifs is 2. The highest BCUT2D eigenvalue weighted by atomic mass is 19.1. The molecule has 6 rings (SSSR count). The molecule has 1 saturated carbocycles. The van der Waals surface area contributed by atoms with Crippen LogP contribution in [-0.2, 0) is 10.2 Å². The van der Waals surface area contributed by atoms with Crippen molar-refractivity contribution < 1.29 is 18.7 Å². The third kappa shape index (κ3) is 5.17. The van der Waals surface area contributed by atoms with Gasteiger partial charge in [0.05, 0.1) is 6.10 Å². The number of ether oxygens (including phenoxy) is 2. The lowest BCUT2D eigenvalue weighted by Crippen LogP contribution is -2.39. The molecule has 3 atom stereocenters. The maximum absolute atomic E-state index is 13.7. The van der Waals surface area contributed by atoms with E-state index in [1.165, 1.54) is 25.0 Å². The Hall–Kier alpha value is -4.46. The first-order valence-electron chi connectivity index (χ1n) is 14.4. The minimum absolute atomic E-state index is 0.0725. The van der Waals surface area contributed by atoms with E-state index in [1.54, 1.807) is 25.3 Å². The molecular formula is C34H35FN4O3. The molecule has 2 aromatic carbocycles. The van der Waals surface area contributed by atoms with Gasteiger partial charge in [0.1, 0.15) is 40.5 Å². The Kier molecular flexibility index (Phi) is 7.09. The highest BCUT2D eigenvalue weighted by molar-refractivity contribution is 5.90. The van der Waals surface area contributed by atoms with Crippen molar-refractivity contribution in [3.8, 4) is 22.8 Å². The third-order valence-corrected chi connectivity index (χ3v) is 8.50. The highest BCUT2D eigenvalue weighted by Crippen LogP contribution is 2.45. The van der Waals surface area contributed by atoms with Gasteiger partial charge in [0.15, 0.2) is 0 Å². The van der Waals surface area contributed by atoms with E-state index in [9.17, 15) is 9.18 Å². The zero-order valence-corrected chi connectivity index (χ0v) is 24.1. The molecular weight excluding hydrogens is 531 g/mol. The van der Waals surface area contributed by atoms with Crippen LogP contribution in [0.2, 0.25) is 0 Å². The van der Waals surface area contributed by atoms with Gasteiger partial charge in [0.2, 0.25) is 5.91 Å². The van der Waals surface area contributed by atoms with Crippen LogP contribution in [-0.4, -0.2) is 35.1 Å². The van der Waals surface area contributed by atoms with Gasteiger partial charge in [-0.25, -0.2) is 9.37 Å². The second kappa shape index (κ2) is 10.7. The number of rotatable bonds is 10. The van der Waals surface area contributed by atoms with Gasteiger partial charge in [-0.1, -0.05) is 19.6 Å². The van der Waals surface area contributed by atoms with Gasteiger partial charge in [-0.05, 0) is 81.1 Å². The quantitative estimate of drug-likeness (QED) is 0.240. The summed E-state index contributed by atoms with van der Waals surface area (Å²) in [6.45, 7) is 10.9. The van der Waals surface area contributed by atoms with Gasteiger partial charge in [-0.15, -0.1) is 0 Å². The average Bonchev–Trinajstić information content (AvgIpc) is 3.79. The number of benzene rings is 2. The number of amides is 1. The van der Waals surface area contributed by atoms with Gasteiger partial charge in [0.25, 0.3) is 0 Å². The summed E-state index contributed by atoms with van der Waals surface area (Å²) in [5, 5.41) is 4.46. The molecule has 1 aliphatic carbocycles. The average molecular weight is 567 g/mol. The summed E-state index contributed by atoms with van der Waals surface area (Å²) >= 11 is 0. The molecule has 0 spiro atoms. The molecule has 42 heavy (non-hydrogen) atoms. The summed E-state index contributed by atoms with van der Waals surface area (Å²) in [4.78, 5) is 22.0. The molecule has 1 fully saturated rings. The fraction of sp³-hybridized carbons (Fsp3) is 0.324. The van der Waals surface area contributed by atoms with E-state index in [4.69, 9.17) is 20.2 Å². The summed E-state index contributed by atoms with van der Waals surface area (Å²) in [5.41, 5.74) is 10.0. The Labute approximate surface area is 245 Å². The predicted octanol–water partition coefficient (Wildman–Crippen LogP) is 6.11. The number of nitrogens with zero attached hydrogens (tertiary/aromatic N) is 2.